The van der Waals surface area contributed by atoms with Crippen molar-refractivity contribution in [3.05, 3.63) is 30.1 Å². The number of fused-ring (bicyclic) bond motifs is 1. The highest BCUT2D eigenvalue weighted by atomic mass is 127. The standard InChI is InChI=1S/C20H30FN3O2.HI/c1-5-22-19(24-17-16-9-10-25-18(16)20(17,3)4)23-12-13(2)26-15-8-6-7-14(21)11-15;/h6-8,11,13,16-18H,5,9-10,12H2,1-4H3,(H2,22,23,24);1H. The molecule has 1 aromatic rings. The zero-order valence-electron chi connectivity index (χ0n) is 16.5. The Morgan fingerprint density at radius 2 is 2.22 bits per heavy atom. The summed E-state index contributed by atoms with van der Waals surface area (Å²) in [5, 5.41) is 6.90. The van der Waals surface area contributed by atoms with E-state index in [-0.39, 0.29) is 41.3 Å². The Balaban J connectivity index is 0.00000261. The van der Waals surface area contributed by atoms with E-state index in [2.05, 4.69) is 36.4 Å². The van der Waals surface area contributed by atoms with E-state index in [1.54, 1.807) is 12.1 Å². The third kappa shape index (κ3) is 5.04. The first-order chi connectivity index (χ1) is 12.4. The number of rotatable bonds is 6. The SMILES string of the molecule is CCNC(=NCC(C)Oc1cccc(F)c1)NC1C2CCOC2C1(C)C.I. The molecule has 3 rings (SSSR count). The molecule has 7 heteroatoms. The van der Waals surface area contributed by atoms with Crippen molar-refractivity contribution < 1.29 is 13.9 Å². The molecule has 152 valence electrons. The predicted octanol–water partition coefficient (Wildman–Crippen LogP) is 3.58. The molecule has 5 nitrogen and oxygen atoms in total. The van der Waals surface area contributed by atoms with Gasteiger partial charge in [-0.2, -0.15) is 0 Å². The first kappa shape index (κ1) is 22.2. The average Bonchev–Trinajstić information content (AvgIpc) is 3.04. The fourth-order valence-electron chi connectivity index (χ4n) is 4.11. The lowest BCUT2D eigenvalue weighted by atomic mass is 9.57. The van der Waals surface area contributed by atoms with E-state index in [0.717, 1.165) is 25.5 Å². The van der Waals surface area contributed by atoms with Crippen LogP contribution in [-0.2, 0) is 4.74 Å². The van der Waals surface area contributed by atoms with Gasteiger partial charge in [0.1, 0.15) is 17.7 Å². The molecule has 1 aliphatic carbocycles. The Bertz CT molecular complexity index is 656. The van der Waals surface area contributed by atoms with Crippen molar-refractivity contribution in [1.29, 1.82) is 0 Å². The minimum atomic E-state index is -0.297. The second kappa shape index (κ2) is 9.41. The number of benzene rings is 1. The smallest absolute Gasteiger partial charge is 0.191 e. The number of hydrogen-bond acceptors (Lipinski definition) is 3. The molecule has 0 aromatic heterocycles. The molecular weight excluding hydrogens is 460 g/mol. The summed E-state index contributed by atoms with van der Waals surface area (Å²) in [7, 11) is 0. The molecule has 2 aliphatic rings. The lowest BCUT2D eigenvalue weighted by Gasteiger charge is -2.54. The van der Waals surface area contributed by atoms with Gasteiger partial charge in [0.2, 0.25) is 0 Å². The molecule has 1 aromatic carbocycles. The highest BCUT2D eigenvalue weighted by Crippen LogP contribution is 2.52. The molecule has 0 amide bonds. The Labute approximate surface area is 178 Å². The molecule has 1 aliphatic heterocycles. The highest BCUT2D eigenvalue weighted by Gasteiger charge is 2.59. The zero-order chi connectivity index (χ0) is 18.7. The van der Waals surface area contributed by atoms with Crippen LogP contribution in [0.2, 0.25) is 0 Å². The van der Waals surface area contributed by atoms with Crippen LogP contribution < -0.4 is 15.4 Å². The van der Waals surface area contributed by atoms with Crippen molar-refractivity contribution in [2.24, 2.45) is 16.3 Å². The number of hydrogen-bond donors (Lipinski definition) is 2. The largest absolute Gasteiger partial charge is 0.489 e. The summed E-state index contributed by atoms with van der Waals surface area (Å²) in [4.78, 5) is 4.67. The number of nitrogens with one attached hydrogen (secondary N) is 2. The van der Waals surface area contributed by atoms with E-state index in [1.165, 1.54) is 12.1 Å². The average molecular weight is 491 g/mol. The van der Waals surface area contributed by atoms with E-state index < -0.39 is 0 Å². The fourth-order valence-corrected chi connectivity index (χ4v) is 4.11. The van der Waals surface area contributed by atoms with Crippen LogP contribution in [0.1, 0.15) is 34.1 Å². The minimum Gasteiger partial charge on any atom is -0.489 e. The van der Waals surface area contributed by atoms with Gasteiger partial charge in [-0.15, -0.1) is 24.0 Å². The van der Waals surface area contributed by atoms with Crippen molar-refractivity contribution >= 4 is 29.9 Å². The Kier molecular flexibility index (Phi) is 7.73. The number of guanidine groups is 1. The summed E-state index contributed by atoms with van der Waals surface area (Å²) >= 11 is 0. The van der Waals surface area contributed by atoms with Gasteiger partial charge in [0.25, 0.3) is 0 Å². The number of aliphatic imine (C=N–C) groups is 1. The second-order valence-electron chi connectivity index (χ2n) is 7.79. The Morgan fingerprint density at radius 1 is 1.44 bits per heavy atom. The van der Waals surface area contributed by atoms with Crippen molar-refractivity contribution in [2.75, 3.05) is 19.7 Å². The van der Waals surface area contributed by atoms with Crippen LogP contribution in [0.3, 0.4) is 0 Å². The lowest BCUT2D eigenvalue weighted by Crippen LogP contribution is -2.68. The summed E-state index contributed by atoms with van der Waals surface area (Å²) in [5.74, 6) is 1.57. The van der Waals surface area contributed by atoms with Gasteiger partial charge in [0, 0.05) is 36.6 Å². The Morgan fingerprint density at radius 3 is 2.93 bits per heavy atom. The monoisotopic (exact) mass is 491 g/mol. The van der Waals surface area contributed by atoms with E-state index in [0.29, 0.717) is 30.4 Å². The molecule has 1 saturated heterocycles. The molecule has 1 saturated carbocycles. The van der Waals surface area contributed by atoms with Gasteiger partial charge in [0.15, 0.2) is 5.96 Å². The topological polar surface area (TPSA) is 54.9 Å². The van der Waals surface area contributed by atoms with Gasteiger partial charge in [-0.25, -0.2) is 9.38 Å². The van der Waals surface area contributed by atoms with E-state index >= 15 is 0 Å². The van der Waals surface area contributed by atoms with Gasteiger partial charge >= 0.3 is 0 Å². The molecule has 2 N–H and O–H groups in total. The van der Waals surface area contributed by atoms with Gasteiger partial charge < -0.3 is 20.1 Å². The van der Waals surface area contributed by atoms with Crippen molar-refractivity contribution in [3.63, 3.8) is 0 Å². The lowest BCUT2D eigenvalue weighted by molar-refractivity contribution is -0.106. The summed E-state index contributed by atoms with van der Waals surface area (Å²) in [5.41, 5.74) is 0.0983. The van der Waals surface area contributed by atoms with E-state index in [1.807, 2.05) is 6.92 Å². The van der Waals surface area contributed by atoms with Gasteiger partial charge in [0.05, 0.1) is 12.6 Å². The van der Waals surface area contributed by atoms with Gasteiger partial charge in [-0.1, -0.05) is 19.9 Å². The summed E-state index contributed by atoms with van der Waals surface area (Å²) in [6.45, 7) is 10.6. The van der Waals surface area contributed by atoms with Crippen molar-refractivity contribution in [1.82, 2.24) is 10.6 Å². The second-order valence-corrected chi connectivity index (χ2v) is 7.79. The number of halogens is 2. The zero-order valence-corrected chi connectivity index (χ0v) is 18.8. The maximum atomic E-state index is 13.3. The third-order valence-corrected chi connectivity index (χ3v) is 5.38. The highest BCUT2D eigenvalue weighted by molar-refractivity contribution is 14.0. The summed E-state index contributed by atoms with van der Waals surface area (Å²) in [6.07, 6.45) is 1.30. The van der Waals surface area contributed by atoms with Crippen LogP contribution in [0, 0.1) is 17.2 Å². The molecule has 1 heterocycles. The maximum Gasteiger partial charge on any atom is 0.191 e. The third-order valence-electron chi connectivity index (χ3n) is 5.38. The van der Waals surface area contributed by atoms with Crippen molar-refractivity contribution in [2.45, 2.75) is 52.4 Å². The van der Waals surface area contributed by atoms with Crippen LogP contribution in [-0.4, -0.2) is 43.9 Å². The van der Waals surface area contributed by atoms with Crippen molar-refractivity contribution in [3.8, 4) is 5.75 Å². The fraction of sp³-hybridized carbons (Fsp3) is 0.650. The Hall–Kier alpha value is -1.09. The van der Waals surface area contributed by atoms with Crippen LogP contribution in [0.4, 0.5) is 4.39 Å². The molecule has 2 fully saturated rings. The molecule has 0 bridgehead atoms. The predicted molar refractivity (Wildman–Crippen MR) is 116 cm³/mol. The first-order valence-corrected chi connectivity index (χ1v) is 9.50. The molecule has 4 unspecified atom stereocenters. The van der Waals surface area contributed by atoms with Crippen LogP contribution in [0.15, 0.2) is 29.3 Å². The number of ether oxygens (including phenoxy) is 2. The first-order valence-electron chi connectivity index (χ1n) is 9.50. The normalized spacial score (nSPS) is 27.0. The molecule has 27 heavy (non-hydrogen) atoms. The summed E-state index contributed by atoms with van der Waals surface area (Å²) < 4.78 is 24.9. The molecular formula is C20H31FIN3O2. The van der Waals surface area contributed by atoms with Gasteiger partial charge in [-0.3, -0.25) is 0 Å². The van der Waals surface area contributed by atoms with Crippen LogP contribution >= 0.6 is 24.0 Å². The van der Waals surface area contributed by atoms with Crippen LogP contribution in [0.25, 0.3) is 0 Å². The minimum absolute atomic E-state index is 0. The number of nitrogens with zero attached hydrogens (tertiary/aromatic N) is 1. The maximum absolute atomic E-state index is 13.3. The molecule has 0 spiro atoms. The van der Waals surface area contributed by atoms with Crippen LogP contribution in [0.5, 0.6) is 5.75 Å². The van der Waals surface area contributed by atoms with E-state index in [4.69, 9.17) is 9.47 Å². The molecule has 0 radical (unpaired) electrons. The van der Waals surface area contributed by atoms with E-state index in [9.17, 15) is 4.39 Å². The quantitative estimate of drug-likeness (QED) is 0.363. The molecule has 4 atom stereocenters. The summed E-state index contributed by atoms with van der Waals surface area (Å²) in [6, 6.07) is 6.55. The van der Waals surface area contributed by atoms with Gasteiger partial charge in [-0.05, 0) is 32.4 Å².